The molecule has 0 spiro atoms. The maximum Gasteiger partial charge on any atom is 0.317 e. The summed E-state index contributed by atoms with van der Waals surface area (Å²) in [5, 5.41) is 3.92. The van der Waals surface area contributed by atoms with Gasteiger partial charge in [-0.3, -0.25) is 0 Å². The summed E-state index contributed by atoms with van der Waals surface area (Å²) in [6, 6.07) is -0.518. The lowest BCUT2D eigenvalue weighted by atomic mass is 10.00. The maximum atomic E-state index is 11.9. The van der Waals surface area contributed by atoms with E-state index in [1.807, 2.05) is 0 Å². The fraction of sp³-hybridized carbons (Fsp3) is 0.727. The Morgan fingerprint density at radius 2 is 2.00 bits per heavy atom. The Hall–Kier alpha value is -1.04. The average Bonchev–Trinajstić information content (AvgIpc) is 2.59. The standard InChI is InChI=1S/C11H18N2O3S/c1-9-2-5-13(6-3-9)11(14)12-10-4-7-17(15,16)8-10/h4,7,9-10H,2-3,5-6,8H2,1H3,(H,12,14). The van der Waals surface area contributed by atoms with Crippen molar-refractivity contribution in [3.8, 4) is 0 Å². The van der Waals surface area contributed by atoms with Gasteiger partial charge in [0.2, 0.25) is 0 Å². The van der Waals surface area contributed by atoms with Crippen LogP contribution in [0.1, 0.15) is 19.8 Å². The second-order valence-corrected chi connectivity index (χ2v) is 6.81. The normalized spacial score (nSPS) is 28.3. The molecule has 17 heavy (non-hydrogen) atoms. The number of hydrogen-bond donors (Lipinski definition) is 1. The van der Waals surface area contributed by atoms with Crippen LogP contribution in [0.3, 0.4) is 0 Å². The van der Waals surface area contributed by atoms with Crippen molar-refractivity contribution in [3.63, 3.8) is 0 Å². The topological polar surface area (TPSA) is 66.5 Å². The van der Waals surface area contributed by atoms with Gasteiger partial charge in [-0.05, 0) is 24.8 Å². The van der Waals surface area contributed by atoms with Crippen LogP contribution in [-0.2, 0) is 9.84 Å². The third-order valence-corrected chi connectivity index (χ3v) is 4.71. The molecule has 2 rings (SSSR count). The fourth-order valence-corrected chi connectivity index (χ4v) is 3.36. The van der Waals surface area contributed by atoms with E-state index in [0.717, 1.165) is 25.9 Å². The quantitative estimate of drug-likeness (QED) is 0.754. The number of nitrogens with one attached hydrogen (secondary N) is 1. The number of carbonyl (C=O) groups is 1. The molecule has 2 amide bonds. The molecule has 0 aliphatic carbocycles. The van der Waals surface area contributed by atoms with E-state index in [1.54, 1.807) is 11.0 Å². The third kappa shape index (κ3) is 3.21. The summed E-state index contributed by atoms with van der Waals surface area (Å²) >= 11 is 0. The monoisotopic (exact) mass is 258 g/mol. The first-order chi connectivity index (χ1) is 7.96. The lowest BCUT2D eigenvalue weighted by Gasteiger charge is -2.31. The Kier molecular flexibility index (Phi) is 3.42. The van der Waals surface area contributed by atoms with Gasteiger partial charge in [-0.25, -0.2) is 13.2 Å². The van der Waals surface area contributed by atoms with Gasteiger partial charge < -0.3 is 10.2 Å². The molecular formula is C11H18N2O3S. The predicted octanol–water partition coefficient (Wildman–Crippen LogP) is 0.739. The Morgan fingerprint density at radius 3 is 2.53 bits per heavy atom. The van der Waals surface area contributed by atoms with Crippen LogP contribution in [0.2, 0.25) is 0 Å². The molecule has 5 nitrogen and oxygen atoms in total. The van der Waals surface area contributed by atoms with Crippen molar-refractivity contribution in [1.29, 1.82) is 0 Å². The number of likely N-dealkylation sites (tertiary alicyclic amines) is 1. The van der Waals surface area contributed by atoms with Gasteiger partial charge in [0.1, 0.15) is 0 Å². The van der Waals surface area contributed by atoms with Crippen LogP contribution >= 0.6 is 0 Å². The number of urea groups is 1. The lowest BCUT2D eigenvalue weighted by Crippen LogP contribution is -2.47. The van der Waals surface area contributed by atoms with Crippen LogP contribution in [0, 0.1) is 5.92 Å². The van der Waals surface area contributed by atoms with Crippen molar-refractivity contribution < 1.29 is 13.2 Å². The van der Waals surface area contributed by atoms with E-state index in [1.165, 1.54) is 5.41 Å². The fourth-order valence-electron chi connectivity index (χ4n) is 2.13. The van der Waals surface area contributed by atoms with Gasteiger partial charge in [0.25, 0.3) is 0 Å². The summed E-state index contributed by atoms with van der Waals surface area (Å²) in [6.45, 7) is 3.70. The Labute approximate surface area is 102 Å². The zero-order valence-corrected chi connectivity index (χ0v) is 10.7. The molecule has 2 aliphatic rings. The lowest BCUT2D eigenvalue weighted by molar-refractivity contribution is 0.173. The van der Waals surface area contributed by atoms with Crippen molar-refractivity contribution in [2.45, 2.75) is 25.8 Å². The molecule has 0 saturated carbocycles. The zero-order valence-electron chi connectivity index (χ0n) is 9.93. The summed E-state index contributed by atoms with van der Waals surface area (Å²) in [5.41, 5.74) is 0. The van der Waals surface area contributed by atoms with Crippen molar-refractivity contribution in [1.82, 2.24) is 10.2 Å². The molecule has 1 N–H and O–H groups in total. The first kappa shape index (κ1) is 12.4. The molecule has 6 heteroatoms. The highest BCUT2D eigenvalue weighted by Crippen LogP contribution is 2.16. The van der Waals surface area contributed by atoms with Crippen molar-refractivity contribution in [3.05, 3.63) is 11.5 Å². The Balaban J connectivity index is 1.84. The van der Waals surface area contributed by atoms with Gasteiger partial charge in [0.05, 0.1) is 11.8 Å². The minimum absolute atomic E-state index is 0.0109. The first-order valence-electron chi connectivity index (χ1n) is 5.93. The van der Waals surface area contributed by atoms with Crippen LogP contribution in [0.15, 0.2) is 11.5 Å². The smallest absolute Gasteiger partial charge is 0.317 e. The summed E-state index contributed by atoms with van der Waals surface area (Å²) in [4.78, 5) is 13.6. The Morgan fingerprint density at radius 1 is 1.35 bits per heavy atom. The molecule has 1 fully saturated rings. The minimum atomic E-state index is -3.09. The van der Waals surface area contributed by atoms with Gasteiger partial charge in [0.15, 0.2) is 9.84 Å². The van der Waals surface area contributed by atoms with Crippen LogP contribution in [0.5, 0.6) is 0 Å². The molecule has 96 valence electrons. The molecule has 0 aromatic heterocycles. The van der Waals surface area contributed by atoms with Gasteiger partial charge in [-0.1, -0.05) is 6.92 Å². The number of piperidine rings is 1. The number of carbonyl (C=O) groups excluding carboxylic acids is 1. The SMILES string of the molecule is CC1CCN(C(=O)NC2C=CS(=O)(=O)C2)CC1. The van der Waals surface area contributed by atoms with Crippen molar-refractivity contribution >= 4 is 15.9 Å². The molecular weight excluding hydrogens is 240 g/mol. The number of rotatable bonds is 1. The minimum Gasteiger partial charge on any atom is -0.331 e. The third-order valence-electron chi connectivity index (χ3n) is 3.31. The summed E-state index contributed by atoms with van der Waals surface area (Å²) in [6.07, 6.45) is 3.58. The zero-order chi connectivity index (χ0) is 12.5. The van der Waals surface area contributed by atoms with Crippen molar-refractivity contribution in [2.24, 2.45) is 5.92 Å². The molecule has 1 saturated heterocycles. The number of amides is 2. The van der Waals surface area contributed by atoms with Crippen LogP contribution in [-0.4, -0.2) is 44.2 Å². The number of sulfone groups is 1. The second-order valence-electron chi connectivity index (χ2n) is 4.88. The summed E-state index contributed by atoms with van der Waals surface area (Å²) in [7, 11) is -3.09. The van der Waals surface area contributed by atoms with Crippen LogP contribution in [0.25, 0.3) is 0 Å². The summed E-state index contributed by atoms with van der Waals surface area (Å²) in [5.74, 6) is 0.661. The van der Waals surface area contributed by atoms with E-state index in [-0.39, 0.29) is 17.8 Å². The first-order valence-corrected chi connectivity index (χ1v) is 7.64. The predicted molar refractivity (Wildman–Crippen MR) is 65.2 cm³/mol. The number of hydrogen-bond acceptors (Lipinski definition) is 3. The van der Waals surface area contributed by atoms with E-state index < -0.39 is 9.84 Å². The van der Waals surface area contributed by atoms with Crippen molar-refractivity contribution in [2.75, 3.05) is 18.8 Å². The van der Waals surface area contributed by atoms with Gasteiger partial charge in [-0.15, -0.1) is 0 Å². The van der Waals surface area contributed by atoms with E-state index in [0.29, 0.717) is 5.92 Å². The van der Waals surface area contributed by atoms with Gasteiger partial charge >= 0.3 is 6.03 Å². The van der Waals surface area contributed by atoms with Gasteiger partial charge in [-0.2, -0.15) is 0 Å². The molecule has 0 aromatic carbocycles. The second kappa shape index (κ2) is 4.68. The highest BCUT2D eigenvalue weighted by molar-refractivity contribution is 7.94. The number of nitrogens with zero attached hydrogens (tertiary/aromatic N) is 1. The van der Waals surface area contributed by atoms with E-state index >= 15 is 0 Å². The molecule has 0 aromatic rings. The largest absolute Gasteiger partial charge is 0.331 e. The summed E-state index contributed by atoms with van der Waals surface area (Å²) < 4.78 is 22.4. The maximum absolute atomic E-state index is 11.9. The van der Waals surface area contributed by atoms with Crippen LogP contribution < -0.4 is 5.32 Å². The van der Waals surface area contributed by atoms with E-state index in [2.05, 4.69) is 12.2 Å². The molecule has 1 unspecified atom stereocenters. The molecule has 1 atom stereocenters. The molecule has 0 bridgehead atoms. The molecule has 2 heterocycles. The average molecular weight is 258 g/mol. The molecule has 2 aliphatic heterocycles. The van der Waals surface area contributed by atoms with E-state index in [9.17, 15) is 13.2 Å². The van der Waals surface area contributed by atoms with E-state index in [4.69, 9.17) is 0 Å². The van der Waals surface area contributed by atoms with Crippen LogP contribution in [0.4, 0.5) is 4.79 Å². The molecule has 0 radical (unpaired) electrons. The Bertz CT molecular complexity index is 422. The highest BCUT2D eigenvalue weighted by Gasteiger charge is 2.26. The highest BCUT2D eigenvalue weighted by atomic mass is 32.2. The van der Waals surface area contributed by atoms with Gasteiger partial charge in [0, 0.05) is 18.5 Å².